The highest BCUT2D eigenvalue weighted by molar-refractivity contribution is 5.98. The molecule has 4 N–H and O–H groups in total. The molecule has 218 valence electrons. The predicted molar refractivity (Wildman–Crippen MR) is 162 cm³/mol. The van der Waals surface area contributed by atoms with Crippen LogP contribution in [0.15, 0.2) is 60.9 Å². The number of piperidine rings is 1. The molecule has 0 bridgehead atoms. The van der Waals surface area contributed by atoms with E-state index in [1.54, 1.807) is 37.5 Å². The Kier molecular flexibility index (Phi) is 8.41. The van der Waals surface area contributed by atoms with Gasteiger partial charge in [-0.1, -0.05) is 12.1 Å². The molecule has 42 heavy (non-hydrogen) atoms. The van der Waals surface area contributed by atoms with Crippen LogP contribution in [0, 0.1) is 5.82 Å². The van der Waals surface area contributed by atoms with Gasteiger partial charge in [0.15, 0.2) is 11.9 Å². The second-order valence-electron chi connectivity index (χ2n) is 10.1. The first-order valence-corrected chi connectivity index (χ1v) is 13.4. The van der Waals surface area contributed by atoms with Crippen LogP contribution in [0.3, 0.4) is 0 Å². The van der Waals surface area contributed by atoms with Crippen molar-refractivity contribution in [3.05, 3.63) is 66.7 Å². The van der Waals surface area contributed by atoms with Gasteiger partial charge >= 0.3 is 0 Å². The summed E-state index contributed by atoms with van der Waals surface area (Å²) in [5.41, 5.74) is 9.86. The van der Waals surface area contributed by atoms with Crippen LogP contribution >= 0.6 is 12.4 Å². The first-order valence-electron chi connectivity index (χ1n) is 13.4. The van der Waals surface area contributed by atoms with Crippen molar-refractivity contribution in [2.45, 2.75) is 31.9 Å². The van der Waals surface area contributed by atoms with Gasteiger partial charge in [-0.05, 0) is 55.7 Å². The zero-order valence-electron chi connectivity index (χ0n) is 23.1. The lowest BCUT2D eigenvalue weighted by Gasteiger charge is -2.34. The van der Waals surface area contributed by atoms with Gasteiger partial charge in [-0.2, -0.15) is 0 Å². The molecule has 1 fully saturated rings. The number of ether oxygens (including phenoxy) is 2. The Bertz CT molecular complexity index is 1620. The van der Waals surface area contributed by atoms with Crippen molar-refractivity contribution < 1.29 is 18.7 Å². The maximum atomic E-state index is 14.7. The summed E-state index contributed by atoms with van der Waals surface area (Å²) in [6, 6.07) is 14.0. The Morgan fingerprint density at radius 1 is 1.17 bits per heavy atom. The number of hydrogen-bond donors (Lipinski definition) is 3. The van der Waals surface area contributed by atoms with E-state index in [1.165, 1.54) is 13.2 Å². The minimum Gasteiger partial charge on any atom is -0.496 e. The highest BCUT2D eigenvalue weighted by Crippen LogP contribution is 2.39. The van der Waals surface area contributed by atoms with Gasteiger partial charge in [-0.15, -0.1) is 12.4 Å². The molecule has 0 radical (unpaired) electrons. The first-order chi connectivity index (χ1) is 19.9. The van der Waals surface area contributed by atoms with Crippen LogP contribution in [0.2, 0.25) is 0 Å². The number of carbonyl (C=O) groups excluding carboxylic acids is 1. The Morgan fingerprint density at radius 2 is 2.02 bits per heavy atom. The Morgan fingerprint density at radius 3 is 2.83 bits per heavy atom. The van der Waals surface area contributed by atoms with Gasteiger partial charge < -0.3 is 30.7 Å². The third kappa shape index (κ3) is 5.79. The smallest absolute Gasteiger partial charge is 0.265 e. The van der Waals surface area contributed by atoms with Crippen molar-refractivity contribution in [2.75, 3.05) is 35.7 Å². The molecular formula is C30H31ClFN7O3. The van der Waals surface area contributed by atoms with E-state index in [1.807, 2.05) is 24.3 Å². The molecule has 2 atom stereocenters. The van der Waals surface area contributed by atoms with E-state index in [9.17, 15) is 9.18 Å². The number of nitrogens with two attached hydrogens (primary N) is 1. The van der Waals surface area contributed by atoms with Crippen LogP contribution in [0.1, 0.15) is 19.8 Å². The normalized spacial score (nSPS) is 17.8. The second-order valence-corrected chi connectivity index (χ2v) is 10.1. The predicted octanol–water partition coefficient (Wildman–Crippen LogP) is 5.17. The molecule has 2 aromatic heterocycles. The fourth-order valence-electron chi connectivity index (χ4n) is 5.17. The quantitative estimate of drug-likeness (QED) is 0.278. The number of fused-ring (bicyclic) bond motifs is 1. The summed E-state index contributed by atoms with van der Waals surface area (Å²) in [6.07, 6.45) is 4.73. The summed E-state index contributed by atoms with van der Waals surface area (Å²) < 4.78 is 25.8. The molecule has 4 heterocycles. The minimum atomic E-state index is -0.549. The largest absolute Gasteiger partial charge is 0.496 e. The number of pyridine rings is 1. The van der Waals surface area contributed by atoms with Crippen molar-refractivity contribution in [3.63, 3.8) is 0 Å². The maximum absolute atomic E-state index is 14.7. The van der Waals surface area contributed by atoms with Gasteiger partial charge in [-0.25, -0.2) is 19.3 Å². The molecule has 2 aliphatic heterocycles. The summed E-state index contributed by atoms with van der Waals surface area (Å²) >= 11 is 0. The second kappa shape index (κ2) is 12.2. The van der Waals surface area contributed by atoms with Crippen LogP contribution in [0.5, 0.6) is 11.5 Å². The van der Waals surface area contributed by atoms with Crippen LogP contribution in [0.25, 0.3) is 22.5 Å². The van der Waals surface area contributed by atoms with E-state index in [2.05, 4.69) is 30.5 Å². The average molecular weight is 592 g/mol. The maximum Gasteiger partial charge on any atom is 0.265 e. The van der Waals surface area contributed by atoms with E-state index in [0.717, 1.165) is 36.2 Å². The van der Waals surface area contributed by atoms with E-state index in [-0.39, 0.29) is 35.7 Å². The first kappa shape index (κ1) is 29.0. The number of methoxy groups -OCH3 is 1. The lowest BCUT2D eigenvalue weighted by atomic mass is 10.0. The van der Waals surface area contributed by atoms with Gasteiger partial charge in [0, 0.05) is 48.8 Å². The lowest BCUT2D eigenvalue weighted by molar-refractivity contribution is -0.122. The molecule has 1 saturated heterocycles. The number of anilines is 4. The van der Waals surface area contributed by atoms with Gasteiger partial charge in [-0.3, -0.25) is 4.79 Å². The SMILES string of the molecule is COc1cccc(F)c1-c1nccc(Nc2cc(N3CCC[C@H](N)C3)c(-c3ccc4c(c3)NC(=O)C(C)O4)cn2)n1.Cl. The van der Waals surface area contributed by atoms with Crippen molar-refractivity contribution >= 4 is 41.3 Å². The zero-order chi connectivity index (χ0) is 28.5. The Hall–Kier alpha value is -4.48. The summed E-state index contributed by atoms with van der Waals surface area (Å²) in [4.78, 5) is 27.9. The molecular weight excluding hydrogens is 561 g/mol. The Balaban J connectivity index is 0.00000353. The lowest BCUT2D eigenvalue weighted by Crippen LogP contribution is -2.43. The van der Waals surface area contributed by atoms with Crippen molar-refractivity contribution in [2.24, 2.45) is 5.73 Å². The number of halogens is 2. The summed E-state index contributed by atoms with van der Waals surface area (Å²) in [6.45, 7) is 3.26. The topological polar surface area (TPSA) is 128 Å². The minimum absolute atomic E-state index is 0. The fourth-order valence-corrected chi connectivity index (χ4v) is 5.17. The van der Waals surface area contributed by atoms with Crippen LogP contribution in [-0.4, -0.2) is 53.2 Å². The van der Waals surface area contributed by atoms with Crippen LogP contribution in [-0.2, 0) is 4.79 Å². The number of nitrogens with one attached hydrogen (secondary N) is 2. The third-order valence-electron chi connectivity index (χ3n) is 7.23. The summed E-state index contributed by atoms with van der Waals surface area (Å²) in [5, 5.41) is 6.16. The monoisotopic (exact) mass is 591 g/mol. The van der Waals surface area contributed by atoms with Crippen LogP contribution in [0.4, 0.5) is 27.4 Å². The number of benzene rings is 2. The average Bonchev–Trinajstić information content (AvgIpc) is 2.97. The summed E-state index contributed by atoms with van der Waals surface area (Å²) in [5.74, 6) is 1.49. The van der Waals surface area contributed by atoms with E-state index >= 15 is 0 Å². The van der Waals surface area contributed by atoms with E-state index in [0.29, 0.717) is 35.4 Å². The Labute approximate surface area is 248 Å². The van der Waals surface area contributed by atoms with E-state index < -0.39 is 11.9 Å². The van der Waals surface area contributed by atoms with Gasteiger partial charge in [0.05, 0.1) is 18.4 Å². The highest BCUT2D eigenvalue weighted by atomic mass is 35.5. The molecule has 10 nitrogen and oxygen atoms in total. The zero-order valence-corrected chi connectivity index (χ0v) is 24.0. The van der Waals surface area contributed by atoms with Crippen molar-refractivity contribution in [1.29, 1.82) is 0 Å². The summed E-state index contributed by atoms with van der Waals surface area (Å²) in [7, 11) is 1.48. The van der Waals surface area contributed by atoms with Gasteiger partial charge in [0.25, 0.3) is 5.91 Å². The molecule has 4 aromatic rings. The number of carbonyl (C=O) groups is 1. The molecule has 1 unspecified atom stereocenters. The number of nitrogens with zero attached hydrogens (tertiary/aromatic N) is 4. The molecule has 0 aliphatic carbocycles. The molecule has 2 aliphatic rings. The highest BCUT2D eigenvalue weighted by Gasteiger charge is 2.26. The van der Waals surface area contributed by atoms with Crippen molar-refractivity contribution in [1.82, 2.24) is 15.0 Å². The molecule has 12 heteroatoms. The molecule has 0 spiro atoms. The number of amides is 1. The third-order valence-corrected chi connectivity index (χ3v) is 7.23. The van der Waals surface area contributed by atoms with Crippen molar-refractivity contribution in [3.8, 4) is 34.0 Å². The molecule has 6 rings (SSSR count). The molecule has 1 amide bonds. The number of aromatic nitrogens is 3. The standard InChI is InChI=1S/C30H30FN7O3.ClH/c1-17-30(39)35-22-13-18(8-9-24(22)41-17)20-15-34-27(14-23(20)38-12-4-5-19(32)16-38)36-26-10-11-33-29(37-26)28-21(31)6-3-7-25(28)40-2;/h3,6-11,13-15,17,19H,4-5,12,16,32H2,1-2H3,(H,35,39)(H,33,34,36,37);1H/t17?,19-;/m0./s1. The molecule has 2 aromatic carbocycles. The number of hydrogen-bond acceptors (Lipinski definition) is 9. The fraction of sp³-hybridized carbons (Fsp3) is 0.267. The number of rotatable bonds is 6. The van der Waals surface area contributed by atoms with Gasteiger partial charge in [0.2, 0.25) is 0 Å². The van der Waals surface area contributed by atoms with Gasteiger partial charge in [0.1, 0.15) is 29.0 Å². The van der Waals surface area contributed by atoms with Crippen LogP contribution < -0.4 is 30.7 Å². The van der Waals surface area contributed by atoms with E-state index in [4.69, 9.17) is 15.2 Å². The molecule has 0 saturated carbocycles.